The summed E-state index contributed by atoms with van der Waals surface area (Å²) in [6.07, 6.45) is 1.92. The number of hydrogen-bond acceptors (Lipinski definition) is 4. The van der Waals surface area contributed by atoms with Crippen LogP contribution in [0.2, 0.25) is 0 Å². The predicted octanol–water partition coefficient (Wildman–Crippen LogP) is 3.79. The molecule has 1 aromatic heterocycles. The van der Waals surface area contributed by atoms with Crippen molar-refractivity contribution >= 4 is 55.2 Å². The Morgan fingerprint density at radius 3 is 2.77 bits per heavy atom. The van der Waals surface area contributed by atoms with Gasteiger partial charge in [0, 0.05) is 21.1 Å². The highest BCUT2D eigenvalue weighted by molar-refractivity contribution is 14.1. The fourth-order valence-electron chi connectivity index (χ4n) is 3.51. The molecule has 0 fully saturated rings. The average molecular weight is 539 g/mol. The fraction of sp³-hybridized carbons (Fsp3) is 0.300. The molecule has 1 aliphatic heterocycles. The molecule has 4 rings (SSSR count). The molecule has 8 nitrogen and oxygen atoms in total. The van der Waals surface area contributed by atoms with Crippen LogP contribution < -0.4 is 10.0 Å². The van der Waals surface area contributed by atoms with E-state index in [1.807, 2.05) is 18.2 Å². The summed E-state index contributed by atoms with van der Waals surface area (Å²) < 4.78 is 29.9. The third-order valence-corrected chi connectivity index (χ3v) is 7.43. The van der Waals surface area contributed by atoms with Crippen molar-refractivity contribution < 1.29 is 13.2 Å². The number of nitrogens with zero attached hydrogens (tertiary/aromatic N) is 2. The number of rotatable bonds is 6. The van der Waals surface area contributed by atoms with E-state index in [4.69, 9.17) is 0 Å². The van der Waals surface area contributed by atoms with Gasteiger partial charge in [0.25, 0.3) is 10.0 Å². The maximum absolute atomic E-state index is 13.2. The highest BCUT2D eigenvalue weighted by atomic mass is 127. The zero-order chi connectivity index (χ0) is 21.3. The van der Waals surface area contributed by atoms with Crippen molar-refractivity contribution in [3.8, 4) is 0 Å². The van der Waals surface area contributed by atoms with E-state index < -0.39 is 10.0 Å². The molecule has 0 saturated heterocycles. The maximum atomic E-state index is 13.2. The van der Waals surface area contributed by atoms with E-state index >= 15 is 0 Å². The van der Waals surface area contributed by atoms with Crippen molar-refractivity contribution in [2.45, 2.75) is 37.8 Å². The van der Waals surface area contributed by atoms with E-state index in [1.165, 1.54) is 0 Å². The molecule has 0 atom stereocenters. The van der Waals surface area contributed by atoms with Gasteiger partial charge in [-0.1, -0.05) is 37.6 Å². The first kappa shape index (κ1) is 20.9. The summed E-state index contributed by atoms with van der Waals surface area (Å²) in [7, 11) is -3.86. The number of hydrogen-bond donors (Lipinski definition) is 3. The fourth-order valence-corrected chi connectivity index (χ4v) is 5.45. The topological polar surface area (TPSA) is 107 Å². The Labute approximate surface area is 188 Å². The van der Waals surface area contributed by atoms with Crippen LogP contribution in [0.25, 0.3) is 10.8 Å². The first-order valence-corrected chi connectivity index (χ1v) is 12.3. The Hall–Kier alpha value is -2.34. The summed E-state index contributed by atoms with van der Waals surface area (Å²) in [5.74, 6) is 0.233. The number of amides is 2. The number of carbonyl (C=O) groups excluding carboxylic acids is 1. The normalized spacial score (nSPS) is 13.5. The second-order valence-electron chi connectivity index (χ2n) is 7.17. The van der Waals surface area contributed by atoms with Crippen molar-refractivity contribution in [3.05, 3.63) is 51.2 Å². The second kappa shape index (κ2) is 8.42. The third-order valence-electron chi connectivity index (χ3n) is 5.09. The molecule has 0 bridgehead atoms. The first-order chi connectivity index (χ1) is 14.4. The number of unbranched alkanes of at least 4 members (excludes halogenated alkanes) is 1. The third kappa shape index (κ3) is 3.97. The summed E-state index contributed by atoms with van der Waals surface area (Å²) in [6, 6.07) is 10.6. The number of aromatic amines is 1. The monoisotopic (exact) mass is 539 g/mol. The van der Waals surface area contributed by atoms with Crippen LogP contribution in [0.4, 0.5) is 10.6 Å². The lowest BCUT2D eigenvalue weighted by Crippen LogP contribution is -2.37. The van der Waals surface area contributed by atoms with Gasteiger partial charge in [0.15, 0.2) is 5.82 Å². The Bertz CT molecular complexity index is 1210. The number of benzene rings is 2. The van der Waals surface area contributed by atoms with Crippen LogP contribution in [0.1, 0.15) is 31.0 Å². The van der Waals surface area contributed by atoms with Crippen molar-refractivity contribution in [1.82, 2.24) is 20.4 Å². The summed E-state index contributed by atoms with van der Waals surface area (Å²) >= 11 is 2.19. The van der Waals surface area contributed by atoms with Crippen LogP contribution in [0.3, 0.4) is 0 Å². The molecule has 1 aliphatic rings. The van der Waals surface area contributed by atoms with E-state index in [1.54, 1.807) is 23.1 Å². The van der Waals surface area contributed by atoms with Gasteiger partial charge < -0.3 is 10.2 Å². The molecule has 30 heavy (non-hydrogen) atoms. The minimum absolute atomic E-state index is 0.162. The highest BCUT2D eigenvalue weighted by Crippen LogP contribution is 2.31. The summed E-state index contributed by atoms with van der Waals surface area (Å²) in [6.45, 7) is 3.36. The van der Waals surface area contributed by atoms with Crippen LogP contribution in [0, 0.1) is 3.57 Å². The van der Waals surface area contributed by atoms with E-state index in [2.05, 4.69) is 49.8 Å². The largest absolute Gasteiger partial charge is 0.338 e. The Balaban J connectivity index is 1.56. The van der Waals surface area contributed by atoms with Gasteiger partial charge in [-0.3, -0.25) is 9.82 Å². The lowest BCUT2D eigenvalue weighted by molar-refractivity contribution is 0.198. The number of H-pyrrole nitrogens is 1. The number of sulfonamides is 1. The van der Waals surface area contributed by atoms with Gasteiger partial charge in [0.2, 0.25) is 0 Å². The van der Waals surface area contributed by atoms with Gasteiger partial charge in [-0.25, -0.2) is 13.2 Å². The SMILES string of the molecule is CCCCNC(=O)N1Cc2[nH]nc(NS(=O)(=O)c3cccc4c(I)cccc34)c2C1. The summed E-state index contributed by atoms with van der Waals surface area (Å²) in [5.41, 5.74) is 1.44. The molecule has 3 aromatic rings. The van der Waals surface area contributed by atoms with Gasteiger partial charge in [-0.2, -0.15) is 5.10 Å². The smallest absolute Gasteiger partial charge is 0.318 e. The molecule has 158 valence electrons. The molecule has 10 heteroatoms. The zero-order valence-corrected chi connectivity index (χ0v) is 19.4. The molecule has 0 spiro atoms. The molecule has 2 aromatic carbocycles. The molecular formula is C20H22IN5O3S. The molecule has 3 N–H and O–H groups in total. The zero-order valence-electron chi connectivity index (χ0n) is 16.4. The number of aromatic nitrogens is 2. The first-order valence-electron chi connectivity index (χ1n) is 9.69. The van der Waals surface area contributed by atoms with Gasteiger partial charge in [-0.05, 0) is 46.5 Å². The van der Waals surface area contributed by atoms with E-state index in [-0.39, 0.29) is 16.7 Å². The summed E-state index contributed by atoms with van der Waals surface area (Å²) in [4.78, 5) is 14.2. The molecular weight excluding hydrogens is 517 g/mol. The Kier molecular flexibility index (Phi) is 5.87. The number of carbonyl (C=O) groups is 1. The molecule has 2 heterocycles. The van der Waals surface area contributed by atoms with E-state index in [0.29, 0.717) is 30.6 Å². The number of fused-ring (bicyclic) bond motifs is 2. The number of urea groups is 1. The second-order valence-corrected chi connectivity index (χ2v) is 9.98. The lowest BCUT2D eigenvalue weighted by atomic mass is 10.1. The number of anilines is 1. The van der Waals surface area contributed by atoms with Crippen molar-refractivity contribution in [2.75, 3.05) is 11.3 Å². The molecule has 2 amide bonds. The summed E-state index contributed by atoms with van der Waals surface area (Å²) in [5, 5.41) is 11.4. The van der Waals surface area contributed by atoms with Crippen LogP contribution in [-0.4, -0.2) is 36.1 Å². The number of nitrogens with one attached hydrogen (secondary N) is 3. The molecule has 0 unspecified atom stereocenters. The average Bonchev–Trinajstić information content (AvgIpc) is 3.30. The van der Waals surface area contributed by atoms with Crippen molar-refractivity contribution in [3.63, 3.8) is 0 Å². The van der Waals surface area contributed by atoms with Crippen LogP contribution >= 0.6 is 22.6 Å². The van der Waals surface area contributed by atoms with Crippen LogP contribution in [-0.2, 0) is 23.1 Å². The van der Waals surface area contributed by atoms with E-state index in [9.17, 15) is 13.2 Å². The lowest BCUT2D eigenvalue weighted by Gasteiger charge is -2.16. The standard InChI is InChI=1S/C20H22IN5O3S/c1-2-3-10-22-20(27)26-11-15-17(12-26)23-24-19(15)25-30(28,29)18-9-5-6-13-14(18)7-4-8-16(13)21/h4-9H,2-3,10-12H2,1H3,(H,22,27)(H2,23,24,25). The Morgan fingerprint density at radius 2 is 1.97 bits per heavy atom. The van der Waals surface area contributed by atoms with E-state index in [0.717, 1.165) is 27.5 Å². The van der Waals surface area contributed by atoms with Gasteiger partial charge in [0.05, 0.1) is 23.7 Å². The highest BCUT2D eigenvalue weighted by Gasteiger charge is 2.30. The van der Waals surface area contributed by atoms with Crippen LogP contribution in [0.5, 0.6) is 0 Å². The Morgan fingerprint density at radius 1 is 1.20 bits per heavy atom. The quantitative estimate of drug-likeness (QED) is 0.327. The molecule has 0 saturated carbocycles. The molecule has 0 radical (unpaired) electrons. The molecule has 0 aliphatic carbocycles. The minimum atomic E-state index is -3.86. The van der Waals surface area contributed by atoms with Gasteiger partial charge in [0.1, 0.15) is 0 Å². The predicted molar refractivity (Wildman–Crippen MR) is 124 cm³/mol. The van der Waals surface area contributed by atoms with Crippen molar-refractivity contribution in [1.29, 1.82) is 0 Å². The maximum Gasteiger partial charge on any atom is 0.318 e. The van der Waals surface area contributed by atoms with Gasteiger partial charge >= 0.3 is 6.03 Å². The van der Waals surface area contributed by atoms with Crippen molar-refractivity contribution in [2.24, 2.45) is 0 Å². The number of halogens is 1. The van der Waals surface area contributed by atoms with Gasteiger partial charge in [-0.15, -0.1) is 0 Å². The minimum Gasteiger partial charge on any atom is -0.338 e. The van der Waals surface area contributed by atoms with Crippen LogP contribution in [0.15, 0.2) is 41.3 Å².